The normalized spacial score (nSPS) is 26.6. The first-order chi connectivity index (χ1) is 7.81. The molecule has 16 heavy (non-hydrogen) atoms. The fourth-order valence-corrected chi connectivity index (χ4v) is 3.45. The molecule has 0 aromatic carbocycles. The van der Waals surface area contributed by atoms with Crippen LogP contribution in [-0.2, 0) is 6.54 Å². The van der Waals surface area contributed by atoms with Gasteiger partial charge in [-0.15, -0.1) is 0 Å². The molecule has 2 unspecified atom stereocenters. The van der Waals surface area contributed by atoms with Crippen molar-refractivity contribution in [2.75, 3.05) is 0 Å². The summed E-state index contributed by atoms with van der Waals surface area (Å²) in [7, 11) is 0. The van der Waals surface area contributed by atoms with Crippen molar-refractivity contribution in [3.8, 4) is 0 Å². The highest BCUT2D eigenvalue weighted by Crippen LogP contribution is 2.36. The second kappa shape index (κ2) is 5.85. The molecule has 1 aromatic heterocycles. The Morgan fingerprint density at radius 2 is 2.19 bits per heavy atom. The average Bonchev–Trinajstić information content (AvgIpc) is 2.61. The zero-order valence-corrected chi connectivity index (χ0v) is 11.6. The second-order valence-electron chi connectivity index (χ2n) is 4.80. The van der Waals surface area contributed by atoms with Gasteiger partial charge in [0.15, 0.2) is 0 Å². The summed E-state index contributed by atoms with van der Waals surface area (Å²) in [6, 6.07) is 0. The van der Waals surface area contributed by atoms with Crippen molar-refractivity contribution in [1.29, 1.82) is 0 Å². The first-order valence-corrected chi connectivity index (χ1v) is 7.39. The molecule has 1 saturated carbocycles. The number of halogens is 1. The van der Waals surface area contributed by atoms with Gasteiger partial charge in [-0.05, 0) is 30.7 Å². The summed E-state index contributed by atoms with van der Waals surface area (Å²) in [5, 5.41) is 4.44. The van der Waals surface area contributed by atoms with E-state index in [0.29, 0.717) is 10.7 Å². The number of hydrogen-bond acceptors (Lipinski definition) is 1. The Hall–Kier alpha value is -0.310. The smallest absolute Gasteiger partial charge is 0.0524 e. The molecule has 90 valence electrons. The molecule has 0 saturated heterocycles. The minimum atomic E-state index is 0.647. The summed E-state index contributed by atoms with van der Waals surface area (Å²) in [6.07, 6.45) is 12.2. The van der Waals surface area contributed by atoms with E-state index in [-0.39, 0.29) is 0 Å². The lowest BCUT2D eigenvalue weighted by Crippen LogP contribution is -2.10. The summed E-state index contributed by atoms with van der Waals surface area (Å²) in [5.74, 6) is 0.674. The van der Waals surface area contributed by atoms with Crippen molar-refractivity contribution in [3.05, 3.63) is 18.0 Å². The van der Waals surface area contributed by atoms with Crippen LogP contribution in [0.3, 0.4) is 0 Å². The van der Waals surface area contributed by atoms with Crippen LogP contribution < -0.4 is 0 Å². The van der Waals surface area contributed by atoms with E-state index in [0.717, 1.165) is 13.0 Å². The van der Waals surface area contributed by atoms with Crippen LogP contribution in [0.15, 0.2) is 12.4 Å². The number of rotatable bonds is 3. The molecule has 0 N–H and O–H groups in total. The molecule has 1 aliphatic rings. The van der Waals surface area contributed by atoms with Gasteiger partial charge in [-0.2, -0.15) is 5.10 Å². The Labute approximate surface area is 107 Å². The predicted molar refractivity (Wildman–Crippen MR) is 71.1 cm³/mol. The molecule has 2 nitrogen and oxygen atoms in total. The van der Waals surface area contributed by atoms with Gasteiger partial charge >= 0.3 is 0 Å². The lowest BCUT2D eigenvalue weighted by Gasteiger charge is -2.18. The lowest BCUT2D eigenvalue weighted by atomic mass is 9.94. The van der Waals surface area contributed by atoms with Gasteiger partial charge < -0.3 is 0 Å². The summed E-state index contributed by atoms with van der Waals surface area (Å²) in [4.78, 5) is 0.647. The minimum absolute atomic E-state index is 0.647. The molecule has 0 radical (unpaired) electrons. The summed E-state index contributed by atoms with van der Waals surface area (Å²) in [6.45, 7) is 3.24. The van der Waals surface area contributed by atoms with Crippen molar-refractivity contribution in [2.45, 2.75) is 62.7 Å². The van der Waals surface area contributed by atoms with E-state index in [9.17, 15) is 0 Å². The zero-order chi connectivity index (χ0) is 11.4. The van der Waals surface area contributed by atoms with E-state index in [1.165, 1.54) is 37.7 Å². The maximum absolute atomic E-state index is 4.44. The SMILES string of the molecule is CCCn1cc(C2CCCCCC2Br)cn1. The van der Waals surface area contributed by atoms with Gasteiger partial charge in [0.05, 0.1) is 6.20 Å². The van der Waals surface area contributed by atoms with Gasteiger partial charge in [-0.1, -0.05) is 42.1 Å². The van der Waals surface area contributed by atoms with Gasteiger partial charge in [-0.25, -0.2) is 0 Å². The quantitative estimate of drug-likeness (QED) is 0.604. The Morgan fingerprint density at radius 3 is 3.00 bits per heavy atom. The van der Waals surface area contributed by atoms with Crippen molar-refractivity contribution < 1.29 is 0 Å². The molecule has 3 heteroatoms. The molecule has 0 amide bonds. The largest absolute Gasteiger partial charge is 0.272 e. The van der Waals surface area contributed by atoms with Crippen LogP contribution >= 0.6 is 15.9 Å². The maximum Gasteiger partial charge on any atom is 0.0524 e. The zero-order valence-electron chi connectivity index (χ0n) is 10.0. The van der Waals surface area contributed by atoms with E-state index in [1.54, 1.807) is 0 Å². The molecule has 2 rings (SSSR count). The topological polar surface area (TPSA) is 17.8 Å². The molecular formula is C13H21BrN2. The van der Waals surface area contributed by atoms with Gasteiger partial charge in [0.25, 0.3) is 0 Å². The lowest BCUT2D eigenvalue weighted by molar-refractivity contribution is 0.593. The average molecular weight is 285 g/mol. The van der Waals surface area contributed by atoms with Crippen LogP contribution in [0, 0.1) is 0 Å². The highest BCUT2D eigenvalue weighted by atomic mass is 79.9. The Bertz CT molecular complexity index is 321. The first-order valence-electron chi connectivity index (χ1n) is 6.47. The summed E-state index contributed by atoms with van der Waals surface area (Å²) in [5.41, 5.74) is 1.43. The van der Waals surface area contributed by atoms with E-state index in [1.807, 2.05) is 0 Å². The highest BCUT2D eigenvalue weighted by Gasteiger charge is 2.23. The van der Waals surface area contributed by atoms with E-state index in [2.05, 4.69) is 45.0 Å². The molecule has 0 aliphatic heterocycles. The van der Waals surface area contributed by atoms with E-state index in [4.69, 9.17) is 0 Å². The Kier molecular flexibility index (Phi) is 4.45. The monoisotopic (exact) mass is 284 g/mol. The molecule has 2 atom stereocenters. The van der Waals surface area contributed by atoms with Crippen LogP contribution in [0.5, 0.6) is 0 Å². The summed E-state index contributed by atoms with van der Waals surface area (Å²) >= 11 is 3.85. The van der Waals surface area contributed by atoms with Gasteiger partial charge in [0.1, 0.15) is 0 Å². The molecular weight excluding hydrogens is 264 g/mol. The summed E-state index contributed by atoms with van der Waals surface area (Å²) < 4.78 is 2.08. The first kappa shape index (κ1) is 12.2. The molecule has 1 aliphatic carbocycles. The number of alkyl halides is 1. The van der Waals surface area contributed by atoms with Crippen molar-refractivity contribution in [2.24, 2.45) is 0 Å². The van der Waals surface area contributed by atoms with Crippen molar-refractivity contribution in [1.82, 2.24) is 9.78 Å². The molecule has 1 aromatic rings. The molecule has 0 bridgehead atoms. The predicted octanol–water partition coefficient (Wildman–Crippen LogP) is 4.10. The molecule has 1 fully saturated rings. The third-order valence-corrected chi connectivity index (χ3v) is 4.56. The van der Waals surface area contributed by atoms with Gasteiger partial charge in [0, 0.05) is 17.6 Å². The standard InChI is InChI=1S/C13H21BrN2/c1-2-8-16-10-11(9-15-16)12-6-4-3-5-7-13(12)14/h9-10,12-13H,2-8H2,1H3. The third-order valence-electron chi connectivity index (χ3n) is 3.47. The highest BCUT2D eigenvalue weighted by molar-refractivity contribution is 9.09. The number of aryl methyl sites for hydroxylation is 1. The number of hydrogen-bond donors (Lipinski definition) is 0. The number of aromatic nitrogens is 2. The van der Waals surface area contributed by atoms with Crippen LogP contribution in [0.2, 0.25) is 0 Å². The van der Waals surface area contributed by atoms with E-state index < -0.39 is 0 Å². The Balaban J connectivity index is 2.08. The van der Waals surface area contributed by atoms with Crippen LogP contribution in [0.4, 0.5) is 0 Å². The maximum atomic E-state index is 4.44. The van der Waals surface area contributed by atoms with Crippen LogP contribution in [0.1, 0.15) is 56.9 Å². The molecule has 1 heterocycles. The molecule has 0 spiro atoms. The van der Waals surface area contributed by atoms with E-state index >= 15 is 0 Å². The van der Waals surface area contributed by atoms with Crippen molar-refractivity contribution >= 4 is 15.9 Å². The van der Waals surface area contributed by atoms with Crippen LogP contribution in [-0.4, -0.2) is 14.6 Å². The fraction of sp³-hybridized carbons (Fsp3) is 0.769. The minimum Gasteiger partial charge on any atom is -0.272 e. The number of nitrogens with zero attached hydrogens (tertiary/aromatic N) is 2. The second-order valence-corrected chi connectivity index (χ2v) is 5.97. The van der Waals surface area contributed by atoms with Gasteiger partial charge in [0.2, 0.25) is 0 Å². The fourth-order valence-electron chi connectivity index (χ4n) is 2.56. The Morgan fingerprint density at radius 1 is 1.38 bits per heavy atom. The van der Waals surface area contributed by atoms with Crippen LogP contribution in [0.25, 0.3) is 0 Å². The third kappa shape index (κ3) is 2.88. The van der Waals surface area contributed by atoms with Gasteiger partial charge in [-0.3, -0.25) is 4.68 Å². The van der Waals surface area contributed by atoms with Crippen molar-refractivity contribution in [3.63, 3.8) is 0 Å².